The maximum atomic E-state index is 5.34. The standard InChI is InChI=1S/C13H28N2O2/c1-4-7-15-8-5-12(6-9-15)14-10-13(17-3)11-16-2/h12-14H,4-11H2,1-3H3. The minimum atomic E-state index is 0.175. The molecule has 1 unspecified atom stereocenters. The zero-order chi connectivity index (χ0) is 12.5. The van der Waals surface area contributed by atoms with E-state index in [1.807, 2.05) is 0 Å². The van der Waals surface area contributed by atoms with Crippen molar-refractivity contribution >= 4 is 0 Å². The van der Waals surface area contributed by atoms with E-state index in [1.165, 1.54) is 38.9 Å². The number of likely N-dealkylation sites (tertiary alicyclic amines) is 1. The summed E-state index contributed by atoms with van der Waals surface area (Å²) in [5, 5.41) is 3.59. The highest BCUT2D eigenvalue weighted by Crippen LogP contribution is 2.10. The summed E-state index contributed by atoms with van der Waals surface area (Å²) in [5.41, 5.74) is 0. The van der Waals surface area contributed by atoms with E-state index in [9.17, 15) is 0 Å². The van der Waals surface area contributed by atoms with Crippen molar-refractivity contribution in [3.63, 3.8) is 0 Å². The molecular weight excluding hydrogens is 216 g/mol. The number of nitrogens with one attached hydrogen (secondary N) is 1. The van der Waals surface area contributed by atoms with Crippen LogP contribution in [0.25, 0.3) is 0 Å². The third kappa shape index (κ3) is 5.82. The number of hydrogen-bond acceptors (Lipinski definition) is 4. The molecule has 0 bridgehead atoms. The molecular formula is C13H28N2O2. The molecule has 0 aliphatic carbocycles. The molecule has 0 spiro atoms. The van der Waals surface area contributed by atoms with Crippen LogP contribution < -0.4 is 5.32 Å². The highest BCUT2D eigenvalue weighted by atomic mass is 16.5. The first-order valence-electron chi connectivity index (χ1n) is 6.77. The Morgan fingerprint density at radius 3 is 2.53 bits per heavy atom. The largest absolute Gasteiger partial charge is 0.382 e. The van der Waals surface area contributed by atoms with Gasteiger partial charge in [-0.05, 0) is 38.9 Å². The minimum Gasteiger partial charge on any atom is -0.382 e. The van der Waals surface area contributed by atoms with E-state index in [1.54, 1.807) is 14.2 Å². The Morgan fingerprint density at radius 1 is 1.29 bits per heavy atom. The van der Waals surface area contributed by atoms with Crippen LogP contribution in [-0.4, -0.2) is 64.1 Å². The fourth-order valence-electron chi connectivity index (χ4n) is 2.37. The second kappa shape index (κ2) is 8.86. The van der Waals surface area contributed by atoms with Crippen LogP contribution in [0.5, 0.6) is 0 Å². The van der Waals surface area contributed by atoms with Gasteiger partial charge in [0.2, 0.25) is 0 Å². The number of ether oxygens (including phenoxy) is 2. The molecule has 1 heterocycles. The van der Waals surface area contributed by atoms with Gasteiger partial charge in [-0.3, -0.25) is 0 Å². The molecule has 1 rings (SSSR count). The molecule has 0 aromatic heterocycles. The van der Waals surface area contributed by atoms with Crippen LogP contribution in [-0.2, 0) is 9.47 Å². The summed E-state index contributed by atoms with van der Waals surface area (Å²) in [7, 11) is 3.46. The van der Waals surface area contributed by atoms with Gasteiger partial charge in [0.05, 0.1) is 12.7 Å². The Hall–Kier alpha value is -0.160. The monoisotopic (exact) mass is 244 g/mol. The van der Waals surface area contributed by atoms with E-state index in [0.29, 0.717) is 12.6 Å². The molecule has 17 heavy (non-hydrogen) atoms. The van der Waals surface area contributed by atoms with Crippen molar-refractivity contribution in [1.29, 1.82) is 0 Å². The highest BCUT2D eigenvalue weighted by molar-refractivity contribution is 4.78. The van der Waals surface area contributed by atoms with Crippen LogP contribution >= 0.6 is 0 Å². The molecule has 0 saturated carbocycles. The molecule has 1 aliphatic heterocycles. The number of hydrogen-bond donors (Lipinski definition) is 1. The maximum Gasteiger partial charge on any atom is 0.0928 e. The summed E-state index contributed by atoms with van der Waals surface area (Å²) in [4.78, 5) is 2.56. The Morgan fingerprint density at radius 2 is 2.00 bits per heavy atom. The van der Waals surface area contributed by atoms with Crippen molar-refractivity contribution in [2.75, 3.05) is 47.0 Å². The Kier molecular flexibility index (Phi) is 7.77. The smallest absolute Gasteiger partial charge is 0.0928 e. The first kappa shape index (κ1) is 14.9. The van der Waals surface area contributed by atoms with E-state index >= 15 is 0 Å². The molecule has 4 heteroatoms. The van der Waals surface area contributed by atoms with Gasteiger partial charge in [0.25, 0.3) is 0 Å². The van der Waals surface area contributed by atoms with Gasteiger partial charge < -0.3 is 19.7 Å². The first-order chi connectivity index (χ1) is 8.30. The zero-order valence-corrected chi connectivity index (χ0v) is 11.6. The topological polar surface area (TPSA) is 33.7 Å². The van der Waals surface area contributed by atoms with E-state index in [2.05, 4.69) is 17.1 Å². The van der Waals surface area contributed by atoms with Crippen molar-refractivity contribution < 1.29 is 9.47 Å². The third-order valence-electron chi connectivity index (χ3n) is 3.45. The van der Waals surface area contributed by atoms with Crippen LogP contribution in [0.2, 0.25) is 0 Å². The van der Waals surface area contributed by atoms with Crippen molar-refractivity contribution in [1.82, 2.24) is 10.2 Å². The van der Waals surface area contributed by atoms with Crippen molar-refractivity contribution in [2.45, 2.75) is 38.3 Å². The molecule has 102 valence electrons. The van der Waals surface area contributed by atoms with Crippen LogP contribution in [0.3, 0.4) is 0 Å². The normalized spacial score (nSPS) is 20.6. The summed E-state index contributed by atoms with van der Waals surface area (Å²) >= 11 is 0. The van der Waals surface area contributed by atoms with Crippen molar-refractivity contribution in [3.05, 3.63) is 0 Å². The lowest BCUT2D eigenvalue weighted by Gasteiger charge is -2.32. The van der Waals surface area contributed by atoms with Crippen LogP contribution in [0.15, 0.2) is 0 Å². The molecule has 1 aliphatic rings. The van der Waals surface area contributed by atoms with Gasteiger partial charge in [-0.2, -0.15) is 0 Å². The summed E-state index contributed by atoms with van der Waals surface area (Å²) < 4.78 is 10.5. The predicted octanol–water partition coefficient (Wildman–Crippen LogP) is 1.11. The summed E-state index contributed by atoms with van der Waals surface area (Å²) in [6.07, 6.45) is 3.94. The average Bonchev–Trinajstić information content (AvgIpc) is 2.36. The average molecular weight is 244 g/mol. The van der Waals surface area contributed by atoms with Gasteiger partial charge in [-0.25, -0.2) is 0 Å². The van der Waals surface area contributed by atoms with Crippen molar-refractivity contribution in [2.24, 2.45) is 0 Å². The van der Waals surface area contributed by atoms with Gasteiger partial charge in [-0.15, -0.1) is 0 Å². The summed E-state index contributed by atoms with van der Waals surface area (Å²) in [6.45, 7) is 7.51. The molecule has 1 saturated heterocycles. The minimum absolute atomic E-state index is 0.175. The van der Waals surface area contributed by atoms with Gasteiger partial charge >= 0.3 is 0 Å². The Labute approximate surface area is 106 Å². The van der Waals surface area contributed by atoms with E-state index < -0.39 is 0 Å². The fraction of sp³-hybridized carbons (Fsp3) is 1.00. The molecule has 0 radical (unpaired) electrons. The lowest BCUT2D eigenvalue weighted by Crippen LogP contribution is -2.45. The Bertz CT molecular complexity index is 182. The van der Waals surface area contributed by atoms with Gasteiger partial charge in [0.15, 0.2) is 0 Å². The molecule has 0 aromatic rings. The maximum absolute atomic E-state index is 5.34. The number of piperidine rings is 1. The third-order valence-corrected chi connectivity index (χ3v) is 3.45. The zero-order valence-electron chi connectivity index (χ0n) is 11.6. The first-order valence-corrected chi connectivity index (χ1v) is 6.77. The molecule has 1 N–H and O–H groups in total. The second-order valence-corrected chi connectivity index (χ2v) is 4.84. The summed E-state index contributed by atoms with van der Waals surface area (Å²) in [6, 6.07) is 0.651. The van der Waals surface area contributed by atoms with Gasteiger partial charge in [-0.1, -0.05) is 6.92 Å². The number of methoxy groups -OCH3 is 2. The molecule has 1 fully saturated rings. The van der Waals surface area contributed by atoms with Crippen LogP contribution in [0.1, 0.15) is 26.2 Å². The highest BCUT2D eigenvalue weighted by Gasteiger charge is 2.19. The molecule has 1 atom stereocenters. The van der Waals surface area contributed by atoms with Gasteiger partial charge in [0, 0.05) is 26.8 Å². The Balaban J connectivity index is 2.12. The number of nitrogens with zero attached hydrogens (tertiary/aromatic N) is 1. The van der Waals surface area contributed by atoms with Crippen LogP contribution in [0.4, 0.5) is 0 Å². The van der Waals surface area contributed by atoms with E-state index in [0.717, 1.165) is 6.54 Å². The molecule has 4 nitrogen and oxygen atoms in total. The van der Waals surface area contributed by atoms with Crippen molar-refractivity contribution in [3.8, 4) is 0 Å². The summed E-state index contributed by atoms with van der Waals surface area (Å²) in [5.74, 6) is 0. The lowest BCUT2D eigenvalue weighted by molar-refractivity contribution is 0.0258. The fourth-order valence-corrected chi connectivity index (χ4v) is 2.37. The second-order valence-electron chi connectivity index (χ2n) is 4.84. The SMILES string of the molecule is CCCN1CCC(NCC(COC)OC)CC1. The molecule has 0 amide bonds. The quantitative estimate of drug-likeness (QED) is 0.693. The lowest BCUT2D eigenvalue weighted by atomic mass is 10.0. The van der Waals surface area contributed by atoms with Gasteiger partial charge in [0.1, 0.15) is 0 Å². The van der Waals surface area contributed by atoms with E-state index in [-0.39, 0.29) is 6.10 Å². The van der Waals surface area contributed by atoms with Crippen LogP contribution in [0, 0.1) is 0 Å². The number of rotatable bonds is 8. The van der Waals surface area contributed by atoms with E-state index in [4.69, 9.17) is 9.47 Å². The molecule has 0 aromatic carbocycles. The predicted molar refractivity (Wildman–Crippen MR) is 70.4 cm³/mol.